The fourth-order valence-corrected chi connectivity index (χ4v) is 10.1. The van der Waals surface area contributed by atoms with Crippen LogP contribution in [0.15, 0.2) is 158 Å². The predicted molar refractivity (Wildman–Crippen MR) is 216 cm³/mol. The average Bonchev–Trinajstić information content (AvgIpc) is 3.82. The van der Waals surface area contributed by atoms with Crippen LogP contribution in [0.3, 0.4) is 0 Å². The van der Waals surface area contributed by atoms with Crippen molar-refractivity contribution < 1.29 is 0 Å². The zero-order chi connectivity index (χ0) is 33.4. The van der Waals surface area contributed by atoms with Crippen LogP contribution in [0, 0.1) is 0 Å². The first kappa shape index (κ1) is 29.4. The smallest absolute Gasteiger partial charge is 0.124 e. The molecular formula is C46H32N2S2. The summed E-state index contributed by atoms with van der Waals surface area (Å²) >= 11 is 3.65. The molecule has 0 bridgehead atoms. The van der Waals surface area contributed by atoms with Crippen molar-refractivity contribution >= 4 is 70.1 Å². The summed E-state index contributed by atoms with van der Waals surface area (Å²) in [6, 6.07) is 57.5. The van der Waals surface area contributed by atoms with Crippen LogP contribution in [-0.4, -0.2) is 4.98 Å². The molecule has 50 heavy (non-hydrogen) atoms. The number of para-hydroxylation sites is 1. The van der Waals surface area contributed by atoms with Crippen molar-refractivity contribution in [3.63, 3.8) is 0 Å². The highest BCUT2D eigenvalue weighted by molar-refractivity contribution is 7.27. The predicted octanol–water partition coefficient (Wildman–Crippen LogP) is 13.8. The van der Waals surface area contributed by atoms with E-state index in [1.165, 1.54) is 63.8 Å². The molecule has 0 spiro atoms. The molecule has 2 aromatic heterocycles. The zero-order valence-electron chi connectivity index (χ0n) is 27.7. The minimum Gasteiger partial charge on any atom is -0.310 e. The molecule has 0 radical (unpaired) electrons. The summed E-state index contributed by atoms with van der Waals surface area (Å²) in [5.41, 5.74) is 13.6. The number of fused-ring (bicyclic) bond motifs is 7. The number of anilines is 3. The molecule has 4 heteroatoms. The van der Waals surface area contributed by atoms with Crippen LogP contribution in [0.25, 0.3) is 63.2 Å². The van der Waals surface area contributed by atoms with Crippen LogP contribution in [0.1, 0.15) is 25.0 Å². The van der Waals surface area contributed by atoms with Crippen LogP contribution in [0.5, 0.6) is 0 Å². The summed E-state index contributed by atoms with van der Waals surface area (Å²) < 4.78 is 3.85. The van der Waals surface area contributed by atoms with Gasteiger partial charge in [-0.3, -0.25) is 0 Å². The van der Waals surface area contributed by atoms with E-state index >= 15 is 0 Å². The lowest BCUT2D eigenvalue weighted by Gasteiger charge is -2.27. The number of hydrogen-bond acceptors (Lipinski definition) is 4. The Kier molecular flexibility index (Phi) is 6.61. The lowest BCUT2D eigenvalue weighted by molar-refractivity contribution is 0.660. The van der Waals surface area contributed by atoms with Gasteiger partial charge in [-0.15, -0.1) is 22.7 Å². The Labute approximate surface area is 299 Å². The van der Waals surface area contributed by atoms with Crippen molar-refractivity contribution in [3.8, 4) is 32.8 Å². The molecule has 0 saturated heterocycles. The van der Waals surface area contributed by atoms with Crippen LogP contribution < -0.4 is 4.90 Å². The van der Waals surface area contributed by atoms with E-state index in [0.29, 0.717) is 0 Å². The fraction of sp³-hybridized carbons (Fsp3) is 0.0652. The van der Waals surface area contributed by atoms with E-state index in [-0.39, 0.29) is 5.41 Å². The van der Waals surface area contributed by atoms with Crippen LogP contribution in [0.4, 0.5) is 17.1 Å². The minimum absolute atomic E-state index is 0.0193. The normalized spacial score (nSPS) is 13.2. The molecule has 9 aromatic rings. The molecule has 0 aliphatic heterocycles. The first-order valence-corrected chi connectivity index (χ1v) is 18.7. The Morgan fingerprint density at radius 3 is 1.98 bits per heavy atom. The van der Waals surface area contributed by atoms with E-state index in [2.05, 4.69) is 176 Å². The van der Waals surface area contributed by atoms with Gasteiger partial charge in [-0.25, -0.2) is 4.98 Å². The van der Waals surface area contributed by atoms with Gasteiger partial charge in [0, 0.05) is 48.2 Å². The lowest BCUT2D eigenvalue weighted by atomic mass is 9.82. The molecule has 0 amide bonds. The number of hydrogen-bond donors (Lipinski definition) is 0. The van der Waals surface area contributed by atoms with Crippen LogP contribution >= 0.6 is 22.7 Å². The zero-order valence-corrected chi connectivity index (χ0v) is 29.4. The van der Waals surface area contributed by atoms with Crippen molar-refractivity contribution in [2.45, 2.75) is 19.3 Å². The fourth-order valence-electron chi connectivity index (χ4n) is 7.81. The molecule has 238 valence electrons. The molecule has 2 nitrogen and oxygen atoms in total. The van der Waals surface area contributed by atoms with Gasteiger partial charge in [0.2, 0.25) is 0 Å². The quantitative estimate of drug-likeness (QED) is 0.180. The van der Waals surface area contributed by atoms with Crippen molar-refractivity contribution in [3.05, 3.63) is 169 Å². The van der Waals surface area contributed by atoms with Crippen molar-refractivity contribution in [1.82, 2.24) is 4.98 Å². The number of thiazole rings is 1. The molecule has 0 saturated carbocycles. The average molecular weight is 677 g/mol. The minimum atomic E-state index is -0.0193. The van der Waals surface area contributed by atoms with Gasteiger partial charge in [0.1, 0.15) is 5.01 Å². The molecule has 1 aliphatic rings. The summed E-state index contributed by atoms with van der Waals surface area (Å²) in [5.74, 6) is 0. The topological polar surface area (TPSA) is 16.1 Å². The number of rotatable bonds is 5. The second-order valence-corrected chi connectivity index (χ2v) is 15.7. The molecule has 7 aromatic carbocycles. The van der Waals surface area contributed by atoms with E-state index in [9.17, 15) is 0 Å². The largest absolute Gasteiger partial charge is 0.310 e. The number of nitrogens with zero attached hydrogens (tertiary/aromatic N) is 2. The third kappa shape index (κ3) is 4.56. The highest BCUT2D eigenvalue weighted by Gasteiger charge is 2.35. The molecule has 0 N–H and O–H groups in total. The van der Waals surface area contributed by atoms with E-state index in [1.807, 2.05) is 11.3 Å². The maximum absolute atomic E-state index is 5.03. The van der Waals surface area contributed by atoms with Crippen molar-refractivity contribution in [1.29, 1.82) is 0 Å². The maximum Gasteiger partial charge on any atom is 0.124 e. The van der Waals surface area contributed by atoms with Gasteiger partial charge in [0.15, 0.2) is 0 Å². The van der Waals surface area contributed by atoms with Gasteiger partial charge in [0.25, 0.3) is 0 Å². The summed E-state index contributed by atoms with van der Waals surface area (Å²) in [7, 11) is 0. The van der Waals surface area contributed by atoms with Gasteiger partial charge < -0.3 is 4.90 Å². The summed E-state index contributed by atoms with van der Waals surface area (Å²) in [6.45, 7) is 4.67. The van der Waals surface area contributed by atoms with Gasteiger partial charge in [0.05, 0.1) is 10.2 Å². The van der Waals surface area contributed by atoms with E-state index in [1.54, 1.807) is 11.3 Å². The van der Waals surface area contributed by atoms with Gasteiger partial charge in [-0.2, -0.15) is 0 Å². The highest BCUT2D eigenvalue weighted by Crippen LogP contribution is 2.51. The SMILES string of the molecule is CC1(C)c2ccccc2-c2cc(N(c3ccccc3)c3ccc(-c4cccc5c4sc4cc6sc(-c7ccccc7)nc6cc45)cc3)ccc21. The Morgan fingerprint density at radius 2 is 1.16 bits per heavy atom. The van der Waals surface area contributed by atoms with Crippen LogP contribution in [0.2, 0.25) is 0 Å². The molecule has 1 aliphatic carbocycles. The second kappa shape index (κ2) is 11.2. The Morgan fingerprint density at radius 1 is 0.480 bits per heavy atom. The van der Waals surface area contributed by atoms with Crippen molar-refractivity contribution in [2.24, 2.45) is 0 Å². The van der Waals surface area contributed by atoms with Gasteiger partial charge in [-0.1, -0.05) is 123 Å². The van der Waals surface area contributed by atoms with Gasteiger partial charge >= 0.3 is 0 Å². The number of thiophene rings is 1. The van der Waals surface area contributed by atoms with E-state index < -0.39 is 0 Å². The number of benzene rings is 7. The molecule has 2 heterocycles. The monoisotopic (exact) mass is 676 g/mol. The molecule has 0 atom stereocenters. The first-order chi connectivity index (χ1) is 24.5. The highest BCUT2D eigenvalue weighted by atomic mass is 32.1. The van der Waals surface area contributed by atoms with Gasteiger partial charge in [-0.05, 0) is 81.9 Å². The molecule has 10 rings (SSSR count). The maximum atomic E-state index is 5.03. The first-order valence-electron chi connectivity index (χ1n) is 17.0. The third-order valence-corrected chi connectivity index (χ3v) is 12.6. The standard InChI is InChI=1S/C46H32N2S2/c1-46(2)39-19-10-9-16-35(39)37-26-33(24-25-40(37)46)48(31-14-7-4-8-15-31)32-22-20-29(21-23-32)34-17-11-18-36-38-27-41-43(28-42(38)49-44(34)36)50-45(47-41)30-12-5-3-6-13-30/h3-28H,1-2H3. The lowest BCUT2D eigenvalue weighted by Crippen LogP contribution is -2.15. The van der Waals surface area contributed by atoms with Crippen molar-refractivity contribution in [2.75, 3.05) is 4.90 Å². The van der Waals surface area contributed by atoms with E-state index in [0.717, 1.165) is 27.6 Å². The number of aromatic nitrogens is 1. The molecular weight excluding hydrogens is 645 g/mol. The summed E-state index contributed by atoms with van der Waals surface area (Å²) in [6.07, 6.45) is 0. The summed E-state index contributed by atoms with van der Waals surface area (Å²) in [5, 5.41) is 3.63. The third-order valence-electron chi connectivity index (χ3n) is 10.3. The van der Waals surface area contributed by atoms with E-state index in [4.69, 9.17) is 4.98 Å². The second-order valence-electron chi connectivity index (χ2n) is 13.6. The molecule has 0 fully saturated rings. The van der Waals surface area contributed by atoms with Crippen LogP contribution in [-0.2, 0) is 5.41 Å². The summed E-state index contributed by atoms with van der Waals surface area (Å²) in [4.78, 5) is 7.41. The Bertz CT molecular complexity index is 2720. The Balaban J connectivity index is 1.05. The molecule has 0 unspecified atom stereocenters. The Hall–Kier alpha value is -5.55.